The molecule has 2 aromatic carbocycles. The normalized spacial score (nSPS) is 12.7. The first-order chi connectivity index (χ1) is 16.4. The van der Waals surface area contributed by atoms with Crippen LogP contribution in [0, 0.1) is 5.82 Å². The summed E-state index contributed by atoms with van der Waals surface area (Å²) in [6, 6.07) is 14.8. The van der Waals surface area contributed by atoms with Crippen molar-refractivity contribution < 1.29 is 27.9 Å². The van der Waals surface area contributed by atoms with Gasteiger partial charge in [0.05, 0.1) is 13.0 Å². The van der Waals surface area contributed by atoms with Crippen LogP contribution in [0.15, 0.2) is 59.0 Å². The summed E-state index contributed by atoms with van der Waals surface area (Å²) >= 11 is 0. The molecular weight excluding hydrogens is 439 g/mol. The van der Waals surface area contributed by atoms with Crippen molar-refractivity contribution in [3.63, 3.8) is 0 Å². The number of carbonyl (C=O) groups is 3. The standard InChI is InChI=1S/C26H25FN2O5/c1-2-33-25(31)10-9-24(30)28-21-8-4-5-17(14-21)23-15-19-16-29(12-11-22(19)34-23)26(32)18-6-3-7-20(27)13-18/h3-8,13-15H,2,9-12,16H2,1H3,(H,28,30). The maximum atomic E-state index is 13.5. The van der Waals surface area contributed by atoms with Gasteiger partial charge in [0.2, 0.25) is 5.91 Å². The molecule has 1 aromatic heterocycles. The van der Waals surface area contributed by atoms with Crippen LogP contribution in [-0.2, 0) is 27.3 Å². The maximum Gasteiger partial charge on any atom is 0.306 e. The summed E-state index contributed by atoms with van der Waals surface area (Å²) in [6.45, 7) is 2.85. The van der Waals surface area contributed by atoms with E-state index in [9.17, 15) is 18.8 Å². The Balaban J connectivity index is 1.42. The van der Waals surface area contributed by atoms with Crippen molar-refractivity contribution >= 4 is 23.5 Å². The van der Waals surface area contributed by atoms with E-state index >= 15 is 0 Å². The zero-order valence-electron chi connectivity index (χ0n) is 18.8. The molecular formula is C26H25FN2O5. The third kappa shape index (κ3) is 5.51. The van der Waals surface area contributed by atoms with Crippen LogP contribution < -0.4 is 5.32 Å². The minimum atomic E-state index is -0.443. The number of hydrogen-bond acceptors (Lipinski definition) is 5. The highest BCUT2D eigenvalue weighted by Crippen LogP contribution is 2.31. The van der Waals surface area contributed by atoms with E-state index in [1.807, 2.05) is 12.1 Å². The molecule has 0 aliphatic carbocycles. The molecule has 1 N–H and O–H groups in total. The molecule has 0 spiro atoms. The zero-order chi connectivity index (χ0) is 24.1. The van der Waals surface area contributed by atoms with Gasteiger partial charge in [0.25, 0.3) is 5.91 Å². The van der Waals surface area contributed by atoms with Gasteiger partial charge >= 0.3 is 5.97 Å². The van der Waals surface area contributed by atoms with E-state index in [1.54, 1.807) is 36.1 Å². The molecule has 0 radical (unpaired) electrons. The average Bonchev–Trinajstić information content (AvgIpc) is 3.26. The molecule has 0 atom stereocenters. The number of hydrogen-bond donors (Lipinski definition) is 1. The van der Waals surface area contributed by atoms with Crippen LogP contribution in [0.5, 0.6) is 0 Å². The fourth-order valence-electron chi connectivity index (χ4n) is 3.88. The molecule has 8 heteroatoms. The Labute approximate surface area is 196 Å². The van der Waals surface area contributed by atoms with Crippen LogP contribution in [-0.4, -0.2) is 35.8 Å². The number of amides is 2. The Bertz CT molecular complexity index is 1220. The highest BCUT2D eigenvalue weighted by Gasteiger charge is 2.25. The highest BCUT2D eigenvalue weighted by atomic mass is 19.1. The highest BCUT2D eigenvalue weighted by molar-refractivity contribution is 5.94. The van der Waals surface area contributed by atoms with Crippen molar-refractivity contribution in [2.45, 2.75) is 32.7 Å². The number of nitrogens with one attached hydrogen (secondary N) is 1. The fraction of sp³-hybridized carbons (Fsp3) is 0.269. The number of nitrogens with zero attached hydrogens (tertiary/aromatic N) is 1. The fourth-order valence-corrected chi connectivity index (χ4v) is 3.88. The van der Waals surface area contributed by atoms with Gasteiger partial charge in [0, 0.05) is 48.3 Å². The Morgan fingerprint density at radius 3 is 2.71 bits per heavy atom. The summed E-state index contributed by atoms with van der Waals surface area (Å²) in [4.78, 5) is 38.1. The molecule has 7 nitrogen and oxygen atoms in total. The minimum Gasteiger partial charge on any atom is -0.466 e. The Kier molecular flexibility index (Phi) is 7.06. The molecule has 0 saturated carbocycles. The van der Waals surface area contributed by atoms with E-state index < -0.39 is 11.8 Å². The van der Waals surface area contributed by atoms with Gasteiger partial charge in [-0.2, -0.15) is 0 Å². The van der Waals surface area contributed by atoms with Gasteiger partial charge in [-0.15, -0.1) is 0 Å². The van der Waals surface area contributed by atoms with E-state index in [0.717, 1.165) is 16.9 Å². The van der Waals surface area contributed by atoms with Crippen molar-refractivity contribution in [1.29, 1.82) is 0 Å². The molecule has 2 heterocycles. The number of benzene rings is 2. The van der Waals surface area contributed by atoms with Crippen LogP contribution >= 0.6 is 0 Å². The quantitative estimate of drug-likeness (QED) is 0.518. The first-order valence-electron chi connectivity index (χ1n) is 11.1. The van der Waals surface area contributed by atoms with Crippen molar-refractivity contribution in [3.8, 4) is 11.3 Å². The summed E-state index contributed by atoms with van der Waals surface area (Å²) < 4.78 is 24.4. The van der Waals surface area contributed by atoms with Crippen LogP contribution in [0.1, 0.15) is 41.4 Å². The number of fused-ring (bicyclic) bond motifs is 1. The van der Waals surface area contributed by atoms with Gasteiger partial charge in [-0.25, -0.2) is 4.39 Å². The van der Waals surface area contributed by atoms with E-state index in [4.69, 9.17) is 9.15 Å². The SMILES string of the molecule is CCOC(=O)CCC(=O)Nc1cccc(-c2cc3c(o2)CCN(C(=O)c2cccc(F)c2)C3)c1. The van der Waals surface area contributed by atoms with E-state index in [-0.39, 0.29) is 31.3 Å². The van der Waals surface area contributed by atoms with Gasteiger partial charge in [-0.05, 0) is 43.3 Å². The number of esters is 1. The second-order valence-electron chi connectivity index (χ2n) is 7.98. The lowest BCUT2D eigenvalue weighted by Crippen LogP contribution is -2.35. The largest absolute Gasteiger partial charge is 0.466 e. The number of ether oxygens (including phenoxy) is 1. The number of rotatable bonds is 7. The predicted molar refractivity (Wildman–Crippen MR) is 123 cm³/mol. The minimum absolute atomic E-state index is 0.0229. The van der Waals surface area contributed by atoms with Gasteiger partial charge in [-0.3, -0.25) is 14.4 Å². The lowest BCUT2D eigenvalue weighted by atomic mass is 10.1. The lowest BCUT2D eigenvalue weighted by Gasteiger charge is -2.26. The van der Waals surface area contributed by atoms with Gasteiger partial charge in [0.15, 0.2) is 0 Å². The zero-order valence-corrected chi connectivity index (χ0v) is 18.8. The van der Waals surface area contributed by atoms with Crippen molar-refractivity contribution in [3.05, 3.63) is 77.3 Å². The first kappa shape index (κ1) is 23.2. The second kappa shape index (κ2) is 10.3. The number of anilines is 1. The first-order valence-corrected chi connectivity index (χ1v) is 11.1. The number of halogens is 1. The number of carbonyl (C=O) groups excluding carboxylic acids is 3. The van der Waals surface area contributed by atoms with Crippen LogP contribution in [0.2, 0.25) is 0 Å². The molecule has 0 unspecified atom stereocenters. The number of furan rings is 1. The topological polar surface area (TPSA) is 88.8 Å². The van der Waals surface area contributed by atoms with E-state index in [2.05, 4.69) is 5.32 Å². The Hall–Kier alpha value is -3.94. The van der Waals surface area contributed by atoms with Gasteiger partial charge in [0.1, 0.15) is 17.3 Å². The molecule has 1 aliphatic heterocycles. The summed E-state index contributed by atoms with van der Waals surface area (Å²) in [5, 5.41) is 2.78. The molecule has 2 amide bonds. The van der Waals surface area contributed by atoms with Gasteiger partial charge in [-0.1, -0.05) is 18.2 Å². The van der Waals surface area contributed by atoms with Crippen molar-refractivity contribution in [1.82, 2.24) is 4.90 Å². The lowest BCUT2D eigenvalue weighted by molar-refractivity contribution is -0.144. The third-order valence-corrected chi connectivity index (χ3v) is 5.52. The second-order valence-corrected chi connectivity index (χ2v) is 7.98. The van der Waals surface area contributed by atoms with E-state index in [1.165, 1.54) is 18.2 Å². The van der Waals surface area contributed by atoms with Crippen LogP contribution in [0.3, 0.4) is 0 Å². The smallest absolute Gasteiger partial charge is 0.306 e. The van der Waals surface area contributed by atoms with Crippen molar-refractivity contribution in [2.24, 2.45) is 0 Å². The van der Waals surface area contributed by atoms with Crippen molar-refractivity contribution in [2.75, 3.05) is 18.5 Å². The Morgan fingerprint density at radius 1 is 1.09 bits per heavy atom. The molecule has 34 heavy (non-hydrogen) atoms. The summed E-state index contributed by atoms with van der Waals surface area (Å²) in [5.41, 5.74) is 2.58. The third-order valence-electron chi connectivity index (χ3n) is 5.52. The summed E-state index contributed by atoms with van der Waals surface area (Å²) in [6.07, 6.45) is 0.614. The predicted octanol–water partition coefficient (Wildman–Crippen LogP) is 4.57. The van der Waals surface area contributed by atoms with Crippen LogP contribution in [0.25, 0.3) is 11.3 Å². The molecule has 0 bridgehead atoms. The monoisotopic (exact) mass is 464 g/mol. The molecule has 176 valence electrons. The van der Waals surface area contributed by atoms with Gasteiger partial charge < -0.3 is 19.4 Å². The summed E-state index contributed by atoms with van der Waals surface area (Å²) in [5.74, 6) is 0.0882. The van der Waals surface area contributed by atoms with Crippen LogP contribution in [0.4, 0.5) is 10.1 Å². The molecule has 3 aromatic rings. The van der Waals surface area contributed by atoms with E-state index in [0.29, 0.717) is 36.5 Å². The Morgan fingerprint density at radius 2 is 1.91 bits per heavy atom. The summed E-state index contributed by atoms with van der Waals surface area (Å²) in [7, 11) is 0. The molecule has 0 fully saturated rings. The molecule has 4 rings (SSSR count). The molecule has 1 aliphatic rings. The average molecular weight is 464 g/mol. The maximum absolute atomic E-state index is 13.5. The molecule has 0 saturated heterocycles.